The molecule has 0 radical (unpaired) electrons. The summed E-state index contributed by atoms with van der Waals surface area (Å²) in [4.78, 5) is 1.54. The van der Waals surface area contributed by atoms with E-state index in [0.717, 1.165) is 0 Å². The minimum atomic E-state index is -4.32. The highest BCUT2D eigenvalue weighted by Crippen LogP contribution is 2.26. The van der Waals surface area contributed by atoms with Crippen LogP contribution in [0.25, 0.3) is 0 Å². The molecule has 17 heavy (non-hydrogen) atoms. The fourth-order valence-corrected chi connectivity index (χ4v) is 3.11. The Labute approximate surface area is 98.9 Å². The second-order valence-corrected chi connectivity index (χ2v) is 6.58. The molecule has 0 saturated carbocycles. The van der Waals surface area contributed by atoms with Crippen LogP contribution in [0.4, 0.5) is 13.2 Å². The predicted molar refractivity (Wildman–Crippen MR) is 58.3 cm³/mol. The van der Waals surface area contributed by atoms with Gasteiger partial charge in [-0.25, -0.2) is 8.42 Å². The number of hydrogen-bond acceptors (Lipinski definition) is 4. The quantitative estimate of drug-likeness (QED) is 0.801. The van der Waals surface area contributed by atoms with E-state index in [1.54, 1.807) is 0 Å². The van der Waals surface area contributed by atoms with Gasteiger partial charge in [0, 0.05) is 19.6 Å². The third-order valence-corrected chi connectivity index (χ3v) is 4.59. The van der Waals surface area contributed by atoms with E-state index >= 15 is 0 Å². The highest BCUT2D eigenvalue weighted by atomic mass is 32.2. The lowest BCUT2D eigenvalue weighted by atomic mass is 10.1. The van der Waals surface area contributed by atoms with E-state index < -0.39 is 28.5 Å². The molecule has 1 rings (SSSR count). The first-order valence-corrected chi connectivity index (χ1v) is 7.26. The van der Waals surface area contributed by atoms with Crippen LogP contribution in [0.3, 0.4) is 0 Å². The molecular formula is C9H17F3N2O2S. The van der Waals surface area contributed by atoms with Crippen molar-refractivity contribution in [1.82, 2.24) is 4.90 Å². The lowest BCUT2D eigenvalue weighted by Crippen LogP contribution is -2.41. The van der Waals surface area contributed by atoms with Crippen LogP contribution in [-0.4, -0.2) is 57.2 Å². The van der Waals surface area contributed by atoms with Crippen molar-refractivity contribution in [2.45, 2.75) is 12.6 Å². The summed E-state index contributed by atoms with van der Waals surface area (Å²) in [5.41, 5.74) is 5.10. The second kappa shape index (κ2) is 5.53. The Morgan fingerprint density at radius 1 is 1.24 bits per heavy atom. The van der Waals surface area contributed by atoms with Gasteiger partial charge in [0.2, 0.25) is 0 Å². The van der Waals surface area contributed by atoms with E-state index in [-0.39, 0.29) is 24.6 Å². The van der Waals surface area contributed by atoms with Gasteiger partial charge in [0.1, 0.15) is 0 Å². The van der Waals surface area contributed by atoms with Crippen molar-refractivity contribution in [2.24, 2.45) is 11.7 Å². The lowest BCUT2D eigenvalue weighted by molar-refractivity contribution is -0.176. The Bertz CT molecular complexity index is 343. The number of nitrogens with zero attached hydrogens (tertiary/aromatic N) is 1. The number of rotatable bonds is 3. The topological polar surface area (TPSA) is 63.4 Å². The van der Waals surface area contributed by atoms with Crippen LogP contribution in [-0.2, 0) is 9.84 Å². The van der Waals surface area contributed by atoms with Gasteiger partial charge in [0.25, 0.3) is 0 Å². The van der Waals surface area contributed by atoms with Crippen LogP contribution in [0, 0.1) is 5.92 Å². The Morgan fingerprint density at radius 2 is 1.88 bits per heavy atom. The molecule has 1 aliphatic rings. The van der Waals surface area contributed by atoms with Crippen LogP contribution in [0.2, 0.25) is 0 Å². The number of hydrogen-bond donors (Lipinski definition) is 1. The average molecular weight is 274 g/mol. The maximum atomic E-state index is 12.5. The number of sulfone groups is 1. The third-order valence-electron chi connectivity index (χ3n) is 2.87. The summed E-state index contributed by atoms with van der Waals surface area (Å²) >= 11 is 0. The van der Waals surface area contributed by atoms with Crippen molar-refractivity contribution in [2.75, 3.05) is 37.7 Å². The molecule has 1 aliphatic heterocycles. The van der Waals surface area contributed by atoms with E-state index in [0.29, 0.717) is 13.0 Å². The zero-order valence-corrected chi connectivity index (χ0v) is 10.2. The molecule has 0 aliphatic carbocycles. The van der Waals surface area contributed by atoms with Gasteiger partial charge >= 0.3 is 6.18 Å². The van der Waals surface area contributed by atoms with Gasteiger partial charge in [-0.2, -0.15) is 13.2 Å². The molecule has 0 aromatic rings. The standard InChI is InChI=1S/C9H17F3N2O2S/c10-9(11,12)8(6-13)7-14-2-1-4-17(15,16)5-3-14/h8H,1-7,13H2. The zero-order valence-electron chi connectivity index (χ0n) is 9.41. The summed E-state index contributed by atoms with van der Waals surface area (Å²) in [6.45, 7) is -0.136. The fourth-order valence-electron chi connectivity index (χ4n) is 1.80. The van der Waals surface area contributed by atoms with Gasteiger partial charge in [-0.15, -0.1) is 0 Å². The maximum absolute atomic E-state index is 12.5. The molecule has 1 saturated heterocycles. The highest BCUT2D eigenvalue weighted by Gasteiger charge is 2.39. The first-order chi connectivity index (χ1) is 7.74. The molecule has 0 amide bonds. The van der Waals surface area contributed by atoms with Gasteiger partial charge in [0.15, 0.2) is 9.84 Å². The SMILES string of the molecule is NCC(CN1CCCS(=O)(=O)CC1)C(F)(F)F. The van der Waals surface area contributed by atoms with Crippen molar-refractivity contribution in [3.8, 4) is 0 Å². The van der Waals surface area contributed by atoms with Gasteiger partial charge in [-0.05, 0) is 13.0 Å². The molecule has 0 spiro atoms. The summed E-state index contributed by atoms with van der Waals surface area (Å²) in [5, 5.41) is 0. The molecule has 4 nitrogen and oxygen atoms in total. The van der Waals surface area contributed by atoms with E-state index in [9.17, 15) is 21.6 Å². The molecule has 1 atom stereocenters. The van der Waals surface area contributed by atoms with Crippen molar-refractivity contribution in [3.05, 3.63) is 0 Å². The number of alkyl halides is 3. The molecule has 1 fully saturated rings. The Balaban J connectivity index is 2.57. The highest BCUT2D eigenvalue weighted by molar-refractivity contribution is 7.91. The van der Waals surface area contributed by atoms with Crippen LogP contribution in [0.1, 0.15) is 6.42 Å². The third kappa shape index (κ3) is 4.81. The van der Waals surface area contributed by atoms with Crippen LogP contribution < -0.4 is 5.73 Å². The van der Waals surface area contributed by atoms with Gasteiger partial charge < -0.3 is 10.6 Å². The van der Waals surface area contributed by atoms with Crippen LogP contribution in [0.5, 0.6) is 0 Å². The summed E-state index contributed by atoms with van der Waals surface area (Å²) < 4.78 is 60.1. The fraction of sp³-hybridized carbons (Fsp3) is 1.00. The first kappa shape index (κ1) is 14.7. The monoisotopic (exact) mass is 274 g/mol. The largest absolute Gasteiger partial charge is 0.394 e. The molecule has 1 heterocycles. The van der Waals surface area contributed by atoms with Crippen molar-refractivity contribution in [3.63, 3.8) is 0 Å². The summed E-state index contributed by atoms with van der Waals surface area (Å²) in [7, 11) is -3.08. The molecule has 0 bridgehead atoms. The van der Waals surface area contributed by atoms with Crippen molar-refractivity contribution < 1.29 is 21.6 Å². The van der Waals surface area contributed by atoms with Crippen LogP contribution >= 0.6 is 0 Å². The summed E-state index contributed by atoms with van der Waals surface area (Å²) in [6, 6.07) is 0. The van der Waals surface area contributed by atoms with Crippen molar-refractivity contribution >= 4 is 9.84 Å². The normalized spacial score (nSPS) is 24.2. The lowest BCUT2D eigenvalue weighted by Gasteiger charge is -2.26. The Kier molecular flexibility index (Phi) is 4.79. The Hall–Kier alpha value is -0.340. The predicted octanol–water partition coefficient (Wildman–Crippen LogP) is 0.244. The molecule has 0 aromatic heterocycles. The smallest absolute Gasteiger partial charge is 0.330 e. The van der Waals surface area contributed by atoms with Gasteiger partial charge in [-0.1, -0.05) is 0 Å². The molecule has 8 heteroatoms. The zero-order chi connectivity index (χ0) is 13.1. The number of halogens is 3. The van der Waals surface area contributed by atoms with E-state index in [2.05, 4.69) is 0 Å². The average Bonchev–Trinajstić information content (AvgIpc) is 2.34. The summed E-state index contributed by atoms with van der Waals surface area (Å²) in [5.74, 6) is -1.59. The van der Waals surface area contributed by atoms with Crippen molar-refractivity contribution in [1.29, 1.82) is 0 Å². The van der Waals surface area contributed by atoms with E-state index in [1.165, 1.54) is 4.90 Å². The molecule has 1 unspecified atom stereocenters. The van der Waals surface area contributed by atoms with Crippen LogP contribution in [0.15, 0.2) is 0 Å². The first-order valence-electron chi connectivity index (χ1n) is 5.44. The second-order valence-electron chi connectivity index (χ2n) is 4.28. The molecule has 102 valence electrons. The van der Waals surface area contributed by atoms with Gasteiger partial charge in [-0.3, -0.25) is 0 Å². The minimum Gasteiger partial charge on any atom is -0.330 e. The van der Waals surface area contributed by atoms with Gasteiger partial charge in [0.05, 0.1) is 17.4 Å². The van der Waals surface area contributed by atoms with E-state index in [4.69, 9.17) is 5.73 Å². The molecule has 2 N–H and O–H groups in total. The molecule has 0 aromatic carbocycles. The summed E-state index contributed by atoms with van der Waals surface area (Å²) in [6.07, 6.45) is -3.93. The minimum absolute atomic E-state index is 0.0583. The van der Waals surface area contributed by atoms with E-state index in [1.807, 2.05) is 0 Å². The molecular weight excluding hydrogens is 257 g/mol. The maximum Gasteiger partial charge on any atom is 0.394 e. The number of nitrogens with two attached hydrogens (primary N) is 1. The Morgan fingerprint density at radius 3 is 2.41 bits per heavy atom.